The molecule has 2 aromatic carbocycles. The predicted molar refractivity (Wildman–Crippen MR) is 147 cm³/mol. The Balaban J connectivity index is 1.75. The lowest BCUT2D eigenvalue weighted by Crippen LogP contribution is -2.44. The van der Waals surface area contributed by atoms with E-state index < -0.39 is 86.9 Å². The molecule has 2 amide bonds. The van der Waals surface area contributed by atoms with E-state index in [0.717, 1.165) is 0 Å². The monoisotopic (exact) mass is 643 g/mol. The number of ether oxygens (including phenoxy) is 2. The van der Waals surface area contributed by atoms with Crippen molar-refractivity contribution in [2.45, 2.75) is 37.4 Å². The maximum absolute atomic E-state index is 15.5. The molecule has 0 spiro atoms. The third kappa shape index (κ3) is 6.42. The van der Waals surface area contributed by atoms with Crippen LogP contribution >= 0.6 is 11.6 Å². The minimum atomic E-state index is -4.64. The van der Waals surface area contributed by atoms with Gasteiger partial charge in [-0.15, -0.1) is 0 Å². The van der Waals surface area contributed by atoms with E-state index in [0.29, 0.717) is 31.0 Å². The molecule has 0 bridgehead atoms. The molecule has 0 radical (unpaired) electrons. The molecular formula is C29H27ClF5N3O6. The molecule has 3 aromatic rings. The van der Waals surface area contributed by atoms with Crippen LogP contribution in [0.25, 0.3) is 11.3 Å². The summed E-state index contributed by atoms with van der Waals surface area (Å²) in [5, 5.41) is 22.6. The average Bonchev–Trinajstić information content (AvgIpc) is 3.84. The fourth-order valence-corrected chi connectivity index (χ4v) is 4.62. The van der Waals surface area contributed by atoms with Crippen LogP contribution in [0.5, 0.6) is 11.5 Å². The van der Waals surface area contributed by atoms with E-state index in [1.807, 2.05) is 0 Å². The lowest BCUT2D eigenvalue weighted by atomic mass is 9.89. The molecule has 9 nitrogen and oxygen atoms in total. The number of nitrogens with one attached hydrogen (secondary N) is 1. The van der Waals surface area contributed by atoms with Gasteiger partial charge in [-0.25, -0.2) is 18.2 Å². The number of nitrogens with zero attached hydrogens (tertiary/aromatic N) is 1. The minimum Gasteiger partial charge on any atom is -0.493 e. The van der Waals surface area contributed by atoms with Crippen molar-refractivity contribution in [1.29, 1.82) is 0 Å². The average molecular weight is 644 g/mol. The number of aromatic nitrogens is 1. The number of aliphatic hydroxyl groups excluding tert-OH is 1. The molecule has 4 rings (SSSR count). The Labute approximate surface area is 252 Å². The molecule has 1 fully saturated rings. The fraction of sp³-hybridized carbons (Fsp3) is 0.345. The number of amides is 2. The second-order valence-electron chi connectivity index (χ2n) is 10.3. The van der Waals surface area contributed by atoms with Crippen molar-refractivity contribution in [2.75, 3.05) is 20.3 Å². The summed E-state index contributed by atoms with van der Waals surface area (Å²) in [5.41, 5.74) is -1.53. The van der Waals surface area contributed by atoms with Gasteiger partial charge < -0.3 is 30.7 Å². The molecule has 0 aliphatic heterocycles. The SMILES string of the molecule is COc1cc(C(=O)NC[C@](O)(c2cc(C(F)(F)C(N)=O)c(F)c(-c3ccc(F)c(Cl)c3F)n2)C2CC2)ccc1OC[C@@H](C)O. The molecule has 0 unspecified atom stereocenters. The number of alkyl halides is 2. The molecule has 15 heteroatoms. The van der Waals surface area contributed by atoms with E-state index in [2.05, 4.69) is 10.3 Å². The Hall–Kier alpha value is -4.01. The van der Waals surface area contributed by atoms with Crippen molar-refractivity contribution in [3.05, 3.63) is 75.7 Å². The van der Waals surface area contributed by atoms with Gasteiger partial charge in [0, 0.05) is 11.1 Å². The topological polar surface area (TPSA) is 144 Å². The van der Waals surface area contributed by atoms with Crippen molar-refractivity contribution in [2.24, 2.45) is 11.7 Å². The second-order valence-corrected chi connectivity index (χ2v) is 10.7. The lowest BCUT2D eigenvalue weighted by Gasteiger charge is -2.30. The second kappa shape index (κ2) is 12.5. The molecule has 0 saturated heterocycles. The number of carbonyl (C=O) groups is 2. The van der Waals surface area contributed by atoms with Gasteiger partial charge in [0.05, 0.1) is 31.0 Å². The summed E-state index contributed by atoms with van der Waals surface area (Å²) < 4.78 is 84.7. The normalized spacial score (nSPS) is 15.3. The van der Waals surface area contributed by atoms with Gasteiger partial charge in [-0.3, -0.25) is 9.59 Å². The van der Waals surface area contributed by atoms with Crippen LogP contribution in [0, 0.1) is 23.4 Å². The molecule has 44 heavy (non-hydrogen) atoms. The van der Waals surface area contributed by atoms with Gasteiger partial charge >= 0.3 is 5.92 Å². The van der Waals surface area contributed by atoms with Gasteiger partial charge in [-0.2, -0.15) is 8.78 Å². The Bertz CT molecular complexity index is 1600. The third-order valence-electron chi connectivity index (χ3n) is 7.02. The van der Waals surface area contributed by atoms with Gasteiger partial charge in [-0.1, -0.05) is 11.6 Å². The molecule has 1 saturated carbocycles. The van der Waals surface area contributed by atoms with Crippen molar-refractivity contribution in [3.8, 4) is 22.8 Å². The number of rotatable bonds is 12. The first kappa shape index (κ1) is 32.9. The van der Waals surface area contributed by atoms with Crippen molar-refractivity contribution in [1.82, 2.24) is 10.3 Å². The highest BCUT2D eigenvalue weighted by molar-refractivity contribution is 6.31. The number of aliphatic hydroxyl groups is 2. The van der Waals surface area contributed by atoms with Crippen molar-refractivity contribution < 1.29 is 51.2 Å². The van der Waals surface area contributed by atoms with Crippen LogP contribution in [0.4, 0.5) is 22.0 Å². The third-order valence-corrected chi connectivity index (χ3v) is 7.36. The quantitative estimate of drug-likeness (QED) is 0.171. The summed E-state index contributed by atoms with van der Waals surface area (Å²) in [4.78, 5) is 28.6. The molecule has 236 valence electrons. The maximum atomic E-state index is 15.5. The first-order chi connectivity index (χ1) is 20.6. The van der Waals surface area contributed by atoms with Crippen molar-refractivity contribution >= 4 is 23.4 Å². The zero-order valence-corrected chi connectivity index (χ0v) is 24.0. The van der Waals surface area contributed by atoms with E-state index in [-0.39, 0.29) is 23.7 Å². The number of halogens is 6. The van der Waals surface area contributed by atoms with E-state index >= 15 is 4.39 Å². The maximum Gasteiger partial charge on any atom is 0.352 e. The molecule has 2 atom stereocenters. The van der Waals surface area contributed by atoms with Crippen LogP contribution in [0.2, 0.25) is 5.02 Å². The highest BCUT2D eigenvalue weighted by Gasteiger charge is 2.50. The van der Waals surface area contributed by atoms with Crippen LogP contribution in [0.3, 0.4) is 0 Å². The van der Waals surface area contributed by atoms with Crippen LogP contribution in [0.15, 0.2) is 36.4 Å². The number of hydrogen-bond donors (Lipinski definition) is 4. The van der Waals surface area contributed by atoms with Crippen LogP contribution in [-0.2, 0) is 16.3 Å². The number of hydrogen-bond acceptors (Lipinski definition) is 7. The Morgan fingerprint density at radius 2 is 1.82 bits per heavy atom. The highest BCUT2D eigenvalue weighted by Crippen LogP contribution is 2.47. The largest absolute Gasteiger partial charge is 0.493 e. The Morgan fingerprint density at radius 3 is 2.41 bits per heavy atom. The number of pyridine rings is 1. The van der Waals surface area contributed by atoms with Gasteiger partial charge in [0.1, 0.15) is 28.7 Å². The summed E-state index contributed by atoms with van der Waals surface area (Å²) in [6.45, 7) is 0.830. The van der Waals surface area contributed by atoms with Gasteiger partial charge in [0.2, 0.25) is 0 Å². The number of nitrogens with two attached hydrogens (primary N) is 1. The molecule has 1 aliphatic carbocycles. The van der Waals surface area contributed by atoms with E-state index in [4.69, 9.17) is 26.8 Å². The van der Waals surface area contributed by atoms with Gasteiger partial charge in [-0.05, 0) is 62.1 Å². The van der Waals surface area contributed by atoms with Crippen molar-refractivity contribution in [3.63, 3.8) is 0 Å². The number of primary amides is 1. The molecular weight excluding hydrogens is 617 g/mol. The van der Waals surface area contributed by atoms with Crippen LogP contribution in [-0.4, -0.2) is 53.4 Å². The van der Waals surface area contributed by atoms with E-state index in [9.17, 15) is 37.4 Å². The Morgan fingerprint density at radius 1 is 1.14 bits per heavy atom. The Kier molecular flexibility index (Phi) is 9.37. The number of methoxy groups -OCH3 is 1. The van der Waals surface area contributed by atoms with Crippen LogP contribution < -0.4 is 20.5 Å². The molecule has 1 aromatic heterocycles. The lowest BCUT2D eigenvalue weighted by molar-refractivity contribution is -0.143. The number of carbonyl (C=O) groups excluding carboxylic acids is 2. The molecule has 5 N–H and O–H groups in total. The molecule has 1 heterocycles. The van der Waals surface area contributed by atoms with E-state index in [1.165, 1.54) is 32.2 Å². The van der Waals surface area contributed by atoms with Gasteiger partial charge in [0.25, 0.3) is 11.8 Å². The van der Waals surface area contributed by atoms with Crippen LogP contribution in [0.1, 0.15) is 41.4 Å². The smallest absolute Gasteiger partial charge is 0.352 e. The minimum absolute atomic E-state index is 0.0427. The summed E-state index contributed by atoms with van der Waals surface area (Å²) in [6.07, 6.45) is -0.0759. The first-order valence-corrected chi connectivity index (χ1v) is 13.5. The summed E-state index contributed by atoms with van der Waals surface area (Å²) >= 11 is 5.61. The summed E-state index contributed by atoms with van der Waals surface area (Å²) in [5.74, 6) is -12.5. The molecule has 1 aliphatic rings. The summed E-state index contributed by atoms with van der Waals surface area (Å²) in [6, 6.07) is 5.89. The number of benzene rings is 2. The predicted octanol–water partition coefficient (Wildman–Crippen LogP) is 4.19. The van der Waals surface area contributed by atoms with Gasteiger partial charge in [0.15, 0.2) is 23.1 Å². The zero-order chi connectivity index (χ0) is 32.6. The van der Waals surface area contributed by atoms with E-state index in [1.54, 1.807) is 0 Å². The first-order valence-electron chi connectivity index (χ1n) is 13.1. The zero-order valence-electron chi connectivity index (χ0n) is 23.3. The summed E-state index contributed by atoms with van der Waals surface area (Å²) in [7, 11) is 1.33. The standard InChI is InChI=1S/C29H27ClF5N3O6/c1-13(39)11-44-19-8-3-14(9-20(19)43-2)26(40)37-12-28(42,15-4-5-15)21-10-17(29(34,35)27(36)41)24(33)25(38-21)16-6-7-18(31)22(30)23(16)32/h3,6-10,13,15,39,42H,4-5,11-12H2,1-2H3,(H2,36,41)(H,37,40)/t13-,28-/m1/s1. The highest BCUT2D eigenvalue weighted by atomic mass is 35.5. The fourth-order valence-electron chi connectivity index (χ4n) is 4.46.